The summed E-state index contributed by atoms with van der Waals surface area (Å²) in [6.45, 7) is 7.64. The Kier molecular flexibility index (Phi) is 3.34. The first-order valence-electron chi connectivity index (χ1n) is 4.68. The van der Waals surface area contributed by atoms with Crippen molar-refractivity contribution in [3.05, 3.63) is 0 Å². The van der Waals surface area contributed by atoms with E-state index in [1.807, 2.05) is 0 Å². The molecule has 0 saturated carbocycles. The van der Waals surface area contributed by atoms with Crippen LogP contribution in [0.15, 0.2) is 0 Å². The van der Waals surface area contributed by atoms with Crippen LogP contribution in [-0.4, -0.2) is 35.7 Å². The quantitative estimate of drug-likeness (QED) is 0.649. The van der Waals surface area contributed by atoms with Crippen molar-refractivity contribution in [2.45, 2.75) is 32.8 Å². The molecule has 2 nitrogen and oxygen atoms in total. The number of hydrogen-bond acceptors (Lipinski definition) is 2. The van der Waals surface area contributed by atoms with E-state index >= 15 is 0 Å². The van der Waals surface area contributed by atoms with Crippen LogP contribution in [0.3, 0.4) is 0 Å². The molecule has 1 aliphatic heterocycles. The zero-order valence-corrected chi connectivity index (χ0v) is 7.58. The van der Waals surface area contributed by atoms with Gasteiger partial charge >= 0.3 is 0 Å². The van der Waals surface area contributed by atoms with Crippen molar-refractivity contribution < 1.29 is 5.11 Å². The van der Waals surface area contributed by atoms with Crippen molar-refractivity contribution in [3.63, 3.8) is 0 Å². The van der Waals surface area contributed by atoms with E-state index < -0.39 is 0 Å². The lowest BCUT2D eigenvalue weighted by atomic mass is 9.92. The van der Waals surface area contributed by atoms with E-state index in [0.29, 0.717) is 5.92 Å². The van der Waals surface area contributed by atoms with Gasteiger partial charge in [-0.3, -0.25) is 0 Å². The maximum absolute atomic E-state index is 9.56. The Balaban J connectivity index is 2.37. The van der Waals surface area contributed by atoms with E-state index in [1.54, 1.807) is 0 Å². The Labute approximate surface area is 69.2 Å². The summed E-state index contributed by atoms with van der Waals surface area (Å²) >= 11 is 0. The van der Waals surface area contributed by atoms with Crippen LogP contribution in [0.5, 0.6) is 0 Å². The van der Waals surface area contributed by atoms with E-state index in [2.05, 4.69) is 18.7 Å². The predicted octanol–water partition coefficient (Wildman–Crippen LogP) is 1.10. The van der Waals surface area contributed by atoms with Crippen molar-refractivity contribution in [1.82, 2.24) is 4.90 Å². The molecular formula is C9H19NO. The van der Waals surface area contributed by atoms with Crippen LogP contribution < -0.4 is 0 Å². The first-order valence-corrected chi connectivity index (χ1v) is 4.68. The molecule has 0 amide bonds. The van der Waals surface area contributed by atoms with E-state index in [9.17, 15) is 5.11 Å². The number of rotatable bonds is 2. The maximum Gasteiger partial charge on any atom is 0.0592 e. The molecule has 2 unspecified atom stereocenters. The Morgan fingerprint density at radius 3 is 2.73 bits per heavy atom. The standard InChI is InChI=1S/C9H19NO/c1-3-8-7-10(4-2)6-5-9(8)11/h8-9,11H,3-7H2,1-2H3. The second kappa shape index (κ2) is 4.07. The third-order valence-electron chi connectivity index (χ3n) is 2.75. The zero-order chi connectivity index (χ0) is 8.27. The van der Waals surface area contributed by atoms with Gasteiger partial charge in [-0.15, -0.1) is 0 Å². The van der Waals surface area contributed by atoms with Crippen LogP contribution in [0, 0.1) is 5.92 Å². The van der Waals surface area contributed by atoms with Crippen LogP contribution in [0.1, 0.15) is 26.7 Å². The van der Waals surface area contributed by atoms with Gasteiger partial charge in [-0.2, -0.15) is 0 Å². The highest BCUT2D eigenvalue weighted by atomic mass is 16.3. The average molecular weight is 157 g/mol. The highest BCUT2D eigenvalue weighted by Gasteiger charge is 2.24. The van der Waals surface area contributed by atoms with Crippen molar-refractivity contribution in [2.75, 3.05) is 19.6 Å². The van der Waals surface area contributed by atoms with Gasteiger partial charge in [0, 0.05) is 13.1 Å². The number of aliphatic hydroxyl groups is 1. The predicted molar refractivity (Wildman–Crippen MR) is 46.5 cm³/mol. The Bertz CT molecular complexity index is 116. The van der Waals surface area contributed by atoms with Crippen molar-refractivity contribution in [1.29, 1.82) is 0 Å². The molecule has 0 aromatic rings. The lowest BCUT2D eigenvalue weighted by molar-refractivity contribution is 0.0272. The molecule has 1 fully saturated rings. The van der Waals surface area contributed by atoms with Gasteiger partial charge in [0.2, 0.25) is 0 Å². The van der Waals surface area contributed by atoms with Gasteiger partial charge in [-0.05, 0) is 25.3 Å². The number of nitrogens with zero attached hydrogens (tertiary/aromatic N) is 1. The van der Waals surface area contributed by atoms with Gasteiger partial charge in [0.15, 0.2) is 0 Å². The molecule has 1 heterocycles. The molecule has 1 saturated heterocycles. The molecule has 0 aromatic heterocycles. The summed E-state index contributed by atoms with van der Waals surface area (Å²) in [6, 6.07) is 0. The summed E-state index contributed by atoms with van der Waals surface area (Å²) < 4.78 is 0. The third kappa shape index (κ3) is 2.17. The van der Waals surface area contributed by atoms with Gasteiger partial charge < -0.3 is 10.0 Å². The smallest absolute Gasteiger partial charge is 0.0592 e. The molecule has 0 spiro atoms. The molecule has 66 valence electrons. The molecule has 1 N–H and O–H groups in total. The van der Waals surface area contributed by atoms with Crippen LogP contribution in [-0.2, 0) is 0 Å². The summed E-state index contributed by atoms with van der Waals surface area (Å²) in [7, 11) is 0. The lowest BCUT2D eigenvalue weighted by Crippen LogP contribution is -2.42. The Morgan fingerprint density at radius 2 is 2.18 bits per heavy atom. The highest BCUT2D eigenvalue weighted by Crippen LogP contribution is 2.19. The van der Waals surface area contributed by atoms with Crippen molar-refractivity contribution in [3.8, 4) is 0 Å². The van der Waals surface area contributed by atoms with E-state index in [-0.39, 0.29) is 6.10 Å². The third-order valence-corrected chi connectivity index (χ3v) is 2.75. The Morgan fingerprint density at radius 1 is 1.45 bits per heavy atom. The summed E-state index contributed by atoms with van der Waals surface area (Å²) in [4.78, 5) is 2.42. The van der Waals surface area contributed by atoms with Crippen LogP contribution in [0.25, 0.3) is 0 Å². The van der Waals surface area contributed by atoms with Gasteiger partial charge in [-0.1, -0.05) is 13.8 Å². The topological polar surface area (TPSA) is 23.5 Å². The fourth-order valence-electron chi connectivity index (χ4n) is 1.78. The van der Waals surface area contributed by atoms with Gasteiger partial charge in [0.25, 0.3) is 0 Å². The molecule has 11 heavy (non-hydrogen) atoms. The second-order valence-electron chi connectivity index (χ2n) is 3.42. The van der Waals surface area contributed by atoms with E-state index in [4.69, 9.17) is 0 Å². The number of likely N-dealkylation sites (tertiary alicyclic amines) is 1. The van der Waals surface area contributed by atoms with E-state index in [1.165, 1.54) is 0 Å². The molecule has 0 aromatic carbocycles. The minimum absolute atomic E-state index is 0.0391. The van der Waals surface area contributed by atoms with Crippen LogP contribution >= 0.6 is 0 Å². The summed E-state index contributed by atoms with van der Waals surface area (Å²) in [5.74, 6) is 0.517. The molecule has 1 aliphatic rings. The summed E-state index contributed by atoms with van der Waals surface area (Å²) in [6.07, 6.45) is 2.03. The normalized spacial score (nSPS) is 34.1. The first-order chi connectivity index (χ1) is 5.27. The van der Waals surface area contributed by atoms with Gasteiger partial charge in [0.05, 0.1) is 6.10 Å². The average Bonchev–Trinajstić information content (AvgIpc) is 2.05. The van der Waals surface area contributed by atoms with Gasteiger partial charge in [-0.25, -0.2) is 0 Å². The number of hydrogen-bond donors (Lipinski definition) is 1. The molecule has 2 atom stereocenters. The maximum atomic E-state index is 9.56. The van der Waals surface area contributed by atoms with Gasteiger partial charge in [0.1, 0.15) is 0 Å². The molecule has 0 aliphatic carbocycles. The molecule has 1 rings (SSSR count). The molecular weight excluding hydrogens is 138 g/mol. The van der Waals surface area contributed by atoms with Crippen LogP contribution in [0.4, 0.5) is 0 Å². The van der Waals surface area contributed by atoms with Crippen LogP contribution in [0.2, 0.25) is 0 Å². The van der Waals surface area contributed by atoms with E-state index in [0.717, 1.165) is 32.5 Å². The molecule has 2 heteroatoms. The fourth-order valence-corrected chi connectivity index (χ4v) is 1.78. The largest absolute Gasteiger partial charge is 0.393 e. The minimum Gasteiger partial charge on any atom is -0.393 e. The zero-order valence-electron chi connectivity index (χ0n) is 7.58. The van der Waals surface area contributed by atoms with Crippen molar-refractivity contribution >= 4 is 0 Å². The molecule has 0 bridgehead atoms. The fraction of sp³-hybridized carbons (Fsp3) is 1.00. The summed E-state index contributed by atoms with van der Waals surface area (Å²) in [5.41, 5.74) is 0. The Hall–Kier alpha value is -0.0800. The minimum atomic E-state index is -0.0391. The molecule has 0 radical (unpaired) electrons. The second-order valence-corrected chi connectivity index (χ2v) is 3.42. The lowest BCUT2D eigenvalue weighted by Gasteiger charge is -2.34. The first kappa shape index (κ1) is 9.01. The number of aliphatic hydroxyl groups excluding tert-OH is 1. The summed E-state index contributed by atoms with van der Waals surface area (Å²) in [5, 5.41) is 9.56. The monoisotopic (exact) mass is 157 g/mol. The van der Waals surface area contributed by atoms with Crippen molar-refractivity contribution in [2.24, 2.45) is 5.92 Å². The number of piperidine rings is 1. The highest BCUT2D eigenvalue weighted by molar-refractivity contribution is 4.78. The SMILES string of the molecule is CCC1CN(CC)CCC1O.